The highest BCUT2D eigenvalue weighted by atomic mass is 32.1. The quantitative estimate of drug-likeness (QED) is 0.891. The molecule has 1 aliphatic carbocycles. The number of aromatic nitrogens is 1. The van der Waals surface area contributed by atoms with Crippen molar-refractivity contribution in [2.75, 3.05) is 12.4 Å². The van der Waals surface area contributed by atoms with E-state index in [4.69, 9.17) is 0 Å². The van der Waals surface area contributed by atoms with E-state index in [0.29, 0.717) is 5.13 Å². The summed E-state index contributed by atoms with van der Waals surface area (Å²) in [6.07, 6.45) is 3.26. The van der Waals surface area contributed by atoms with Gasteiger partial charge >= 0.3 is 0 Å². The molecule has 0 aliphatic heterocycles. The van der Waals surface area contributed by atoms with Crippen LogP contribution in [-0.4, -0.2) is 17.9 Å². The summed E-state index contributed by atoms with van der Waals surface area (Å²) < 4.78 is 0. The van der Waals surface area contributed by atoms with E-state index in [2.05, 4.69) is 36.4 Å². The first-order chi connectivity index (χ1) is 8.94. The maximum absolute atomic E-state index is 12.3. The van der Waals surface area contributed by atoms with E-state index in [0.717, 1.165) is 25.0 Å². The molecular weight excluding hydrogens is 258 g/mol. The highest BCUT2D eigenvalue weighted by Crippen LogP contribution is 2.43. The fraction of sp³-hybridized carbons (Fsp3) is 0.714. The number of amides is 1. The fourth-order valence-electron chi connectivity index (χ4n) is 2.70. The van der Waals surface area contributed by atoms with Crippen molar-refractivity contribution in [2.24, 2.45) is 11.3 Å². The zero-order valence-corrected chi connectivity index (χ0v) is 12.9. The molecule has 1 heterocycles. The molecule has 4 nitrogen and oxygen atoms in total. The second-order valence-corrected chi connectivity index (χ2v) is 6.87. The Morgan fingerprint density at radius 3 is 2.89 bits per heavy atom. The lowest BCUT2D eigenvalue weighted by molar-refractivity contribution is -0.122. The zero-order chi connectivity index (χ0) is 14.0. The molecule has 1 amide bonds. The summed E-state index contributed by atoms with van der Waals surface area (Å²) >= 11 is 1.50. The Morgan fingerprint density at radius 1 is 1.58 bits per heavy atom. The predicted molar refractivity (Wildman–Crippen MR) is 79.3 cm³/mol. The molecule has 0 spiro atoms. The standard InChI is InChI=1S/C14H23N3OS/c1-9(15-4)11-8-19-13(16-11)17-12(18)10-6-5-7-14(10,2)3/h8-10,15H,5-7H2,1-4H3,(H,16,17,18). The Bertz CT molecular complexity index is 455. The van der Waals surface area contributed by atoms with E-state index in [-0.39, 0.29) is 23.3 Å². The molecule has 106 valence electrons. The van der Waals surface area contributed by atoms with Crippen LogP contribution in [0.4, 0.5) is 5.13 Å². The number of carbonyl (C=O) groups is 1. The van der Waals surface area contributed by atoms with Crippen LogP contribution in [0.15, 0.2) is 5.38 Å². The Labute approximate surface area is 119 Å². The number of rotatable bonds is 4. The van der Waals surface area contributed by atoms with Gasteiger partial charge in [0.2, 0.25) is 5.91 Å². The first-order valence-electron chi connectivity index (χ1n) is 6.87. The summed E-state index contributed by atoms with van der Waals surface area (Å²) in [6, 6.07) is 0.213. The van der Waals surface area contributed by atoms with Crippen LogP contribution in [0.25, 0.3) is 0 Å². The molecule has 0 radical (unpaired) electrons. The van der Waals surface area contributed by atoms with Gasteiger partial charge in [0.1, 0.15) is 0 Å². The van der Waals surface area contributed by atoms with Crippen molar-refractivity contribution >= 4 is 22.4 Å². The van der Waals surface area contributed by atoms with Gasteiger partial charge in [0.15, 0.2) is 5.13 Å². The first kappa shape index (κ1) is 14.5. The number of thiazole rings is 1. The third-order valence-electron chi connectivity index (χ3n) is 4.20. The highest BCUT2D eigenvalue weighted by Gasteiger charge is 2.39. The SMILES string of the molecule is CNC(C)c1csc(NC(=O)C2CCCC2(C)C)n1. The van der Waals surface area contributed by atoms with Crippen molar-refractivity contribution in [1.29, 1.82) is 0 Å². The summed E-state index contributed by atoms with van der Waals surface area (Å²) in [5.41, 5.74) is 1.09. The average Bonchev–Trinajstić information content (AvgIpc) is 2.94. The van der Waals surface area contributed by atoms with Crippen molar-refractivity contribution in [3.8, 4) is 0 Å². The number of anilines is 1. The third kappa shape index (κ3) is 3.15. The average molecular weight is 281 g/mol. The van der Waals surface area contributed by atoms with Crippen LogP contribution >= 0.6 is 11.3 Å². The van der Waals surface area contributed by atoms with Gasteiger partial charge in [0.05, 0.1) is 5.69 Å². The molecule has 0 saturated heterocycles. The van der Waals surface area contributed by atoms with Gasteiger partial charge in [-0.3, -0.25) is 4.79 Å². The Kier molecular flexibility index (Phi) is 4.26. The van der Waals surface area contributed by atoms with Crippen molar-refractivity contribution in [2.45, 2.75) is 46.1 Å². The van der Waals surface area contributed by atoms with E-state index in [9.17, 15) is 4.79 Å². The minimum Gasteiger partial charge on any atom is -0.312 e. The van der Waals surface area contributed by atoms with E-state index < -0.39 is 0 Å². The van der Waals surface area contributed by atoms with E-state index in [1.54, 1.807) is 0 Å². The predicted octanol–water partition coefficient (Wildman–Crippen LogP) is 3.19. The number of hydrogen-bond donors (Lipinski definition) is 2. The molecule has 0 bridgehead atoms. The smallest absolute Gasteiger partial charge is 0.229 e. The minimum atomic E-state index is 0.113. The summed E-state index contributed by atoms with van der Waals surface area (Å²) in [5, 5.41) is 8.84. The van der Waals surface area contributed by atoms with Crippen LogP contribution in [0.5, 0.6) is 0 Å². The van der Waals surface area contributed by atoms with Crippen molar-refractivity contribution < 1.29 is 4.79 Å². The largest absolute Gasteiger partial charge is 0.312 e. The molecule has 1 aromatic rings. The van der Waals surface area contributed by atoms with Gasteiger partial charge in [0.25, 0.3) is 0 Å². The van der Waals surface area contributed by atoms with Crippen LogP contribution < -0.4 is 10.6 Å². The maximum Gasteiger partial charge on any atom is 0.229 e. The van der Waals surface area contributed by atoms with Crippen molar-refractivity contribution in [3.05, 3.63) is 11.1 Å². The Hall–Kier alpha value is -0.940. The second-order valence-electron chi connectivity index (χ2n) is 6.01. The lowest BCUT2D eigenvalue weighted by Gasteiger charge is -2.25. The van der Waals surface area contributed by atoms with Crippen LogP contribution in [-0.2, 0) is 4.79 Å². The van der Waals surface area contributed by atoms with Crippen molar-refractivity contribution in [3.63, 3.8) is 0 Å². The van der Waals surface area contributed by atoms with Gasteiger partial charge in [-0.15, -0.1) is 11.3 Å². The Morgan fingerprint density at radius 2 is 2.32 bits per heavy atom. The normalized spacial score (nSPS) is 23.3. The summed E-state index contributed by atoms with van der Waals surface area (Å²) in [7, 11) is 1.91. The zero-order valence-electron chi connectivity index (χ0n) is 12.1. The van der Waals surface area contributed by atoms with Crippen LogP contribution in [0.3, 0.4) is 0 Å². The molecule has 1 fully saturated rings. The number of carbonyl (C=O) groups excluding carboxylic acids is 1. The fourth-order valence-corrected chi connectivity index (χ4v) is 3.50. The van der Waals surface area contributed by atoms with E-state index >= 15 is 0 Å². The van der Waals surface area contributed by atoms with Gasteiger partial charge < -0.3 is 10.6 Å². The third-order valence-corrected chi connectivity index (χ3v) is 4.98. The first-order valence-corrected chi connectivity index (χ1v) is 7.75. The van der Waals surface area contributed by atoms with E-state index in [1.807, 2.05) is 12.4 Å². The molecule has 19 heavy (non-hydrogen) atoms. The van der Waals surface area contributed by atoms with Gasteiger partial charge in [-0.25, -0.2) is 4.98 Å². The van der Waals surface area contributed by atoms with Crippen LogP contribution in [0.2, 0.25) is 0 Å². The molecule has 2 N–H and O–H groups in total. The molecule has 2 unspecified atom stereocenters. The maximum atomic E-state index is 12.3. The molecule has 1 saturated carbocycles. The monoisotopic (exact) mass is 281 g/mol. The van der Waals surface area contributed by atoms with E-state index in [1.165, 1.54) is 11.3 Å². The lowest BCUT2D eigenvalue weighted by atomic mass is 9.81. The lowest BCUT2D eigenvalue weighted by Crippen LogP contribution is -2.30. The van der Waals surface area contributed by atoms with Crippen molar-refractivity contribution in [1.82, 2.24) is 10.3 Å². The van der Waals surface area contributed by atoms with Gasteiger partial charge in [0, 0.05) is 17.3 Å². The summed E-state index contributed by atoms with van der Waals surface area (Å²) in [5.74, 6) is 0.238. The van der Waals surface area contributed by atoms with Gasteiger partial charge in [-0.05, 0) is 32.2 Å². The van der Waals surface area contributed by atoms with Crippen LogP contribution in [0, 0.1) is 11.3 Å². The molecule has 1 aromatic heterocycles. The Balaban J connectivity index is 2.01. The highest BCUT2D eigenvalue weighted by molar-refractivity contribution is 7.13. The molecule has 5 heteroatoms. The summed E-state index contributed by atoms with van der Waals surface area (Å²) in [4.78, 5) is 16.8. The second kappa shape index (κ2) is 5.59. The number of hydrogen-bond acceptors (Lipinski definition) is 4. The molecular formula is C14H23N3OS. The molecule has 0 aromatic carbocycles. The topological polar surface area (TPSA) is 54.0 Å². The van der Waals surface area contributed by atoms with Gasteiger partial charge in [-0.2, -0.15) is 0 Å². The number of nitrogens with zero attached hydrogens (tertiary/aromatic N) is 1. The molecule has 2 rings (SSSR count). The summed E-state index contributed by atoms with van der Waals surface area (Å²) in [6.45, 7) is 6.42. The van der Waals surface area contributed by atoms with Gasteiger partial charge in [-0.1, -0.05) is 20.3 Å². The van der Waals surface area contributed by atoms with Crippen LogP contribution in [0.1, 0.15) is 51.8 Å². The minimum absolute atomic E-state index is 0.113. The molecule has 2 atom stereocenters. The number of nitrogens with one attached hydrogen (secondary N) is 2. The molecule has 1 aliphatic rings.